The topological polar surface area (TPSA) is 55.1 Å². The molecule has 3 atom stereocenters. The van der Waals surface area contributed by atoms with Crippen LogP contribution in [0.5, 0.6) is 0 Å². The highest BCUT2D eigenvalue weighted by Crippen LogP contribution is 2.31. The third kappa shape index (κ3) is 2.69. The minimum atomic E-state index is -0.0276. The van der Waals surface area contributed by atoms with Crippen LogP contribution in [0.15, 0.2) is 22.7 Å². The van der Waals surface area contributed by atoms with Crippen molar-refractivity contribution in [2.45, 2.75) is 32.7 Å². The monoisotopic (exact) mass is 310 g/mol. The molecule has 4 heteroatoms. The molecule has 98 valence electrons. The Balaban J connectivity index is 2.06. The summed E-state index contributed by atoms with van der Waals surface area (Å²) in [6, 6.07) is 5.60. The van der Waals surface area contributed by atoms with E-state index in [0.717, 1.165) is 10.9 Å². The fourth-order valence-electron chi connectivity index (χ4n) is 2.51. The molecule has 3 nitrogen and oxygen atoms in total. The predicted molar refractivity (Wildman–Crippen MR) is 77.4 cm³/mol. The van der Waals surface area contributed by atoms with E-state index in [1.165, 1.54) is 6.42 Å². The number of halogens is 1. The summed E-state index contributed by atoms with van der Waals surface area (Å²) in [6.45, 7) is 4.45. The number of anilines is 1. The number of nitrogens with one attached hydrogen (secondary N) is 1. The Bertz CT molecular complexity index is 461. The molecule has 2 rings (SSSR count). The van der Waals surface area contributed by atoms with E-state index in [4.69, 9.17) is 5.73 Å². The number of nitrogens with two attached hydrogens (primary N) is 1. The summed E-state index contributed by atoms with van der Waals surface area (Å²) in [5.74, 6) is 1.20. The number of hydrogen-bond donors (Lipinski definition) is 2. The molecule has 1 aromatic carbocycles. The third-order valence-corrected chi connectivity index (χ3v) is 4.76. The molecular weight excluding hydrogens is 292 g/mol. The molecule has 0 radical (unpaired) electrons. The van der Waals surface area contributed by atoms with Gasteiger partial charge in [-0.2, -0.15) is 0 Å². The van der Waals surface area contributed by atoms with Gasteiger partial charge in [-0.25, -0.2) is 0 Å². The van der Waals surface area contributed by atoms with Crippen LogP contribution in [0, 0.1) is 11.8 Å². The number of nitrogen functional groups attached to an aromatic ring is 1. The molecule has 0 bridgehead atoms. The predicted octanol–water partition coefficient (Wildman–Crippen LogP) is 3.20. The lowest BCUT2D eigenvalue weighted by Gasteiger charge is -2.19. The molecule has 0 heterocycles. The van der Waals surface area contributed by atoms with Crippen molar-refractivity contribution in [1.82, 2.24) is 5.32 Å². The van der Waals surface area contributed by atoms with Gasteiger partial charge in [0.15, 0.2) is 0 Å². The van der Waals surface area contributed by atoms with E-state index in [9.17, 15) is 4.79 Å². The van der Waals surface area contributed by atoms with Crippen LogP contribution in [-0.4, -0.2) is 11.9 Å². The highest BCUT2D eigenvalue weighted by molar-refractivity contribution is 9.10. The SMILES string of the molecule is CC1CCC(NC(=O)c2ccc(Br)c(N)c2)C1C. The minimum absolute atomic E-state index is 0.0276. The second-order valence-electron chi connectivity index (χ2n) is 5.23. The second-order valence-corrected chi connectivity index (χ2v) is 6.08. The first kappa shape index (κ1) is 13.4. The van der Waals surface area contributed by atoms with E-state index < -0.39 is 0 Å². The van der Waals surface area contributed by atoms with Gasteiger partial charge in [-0.15, -0.1) is 0 Å². The molecule has 1 amide bonds. The second kappa shape index (κ2) is 5.31. The van der Waals surface area contributed by atoms with E-state index >= 15 is 0 Å². The Morgan fingerprint density at radius 2 is 2.11 bits per heavy atom. The van der Waals surface area contributed by atoms with Crippen LogP contribution in [0.1, 0.15) is 37.0 Å². The molecule has 0 aromatic heterocycles. The summed E-state index contributed by atoms with van der Waals surface area (Å²) >= 11 is 3.33. The average molecular weight is 311 g/mol. The summed E-state index contributed by atoms with van der Waals surface area (Å²) < 4.78 is 0.821. The fourth-order valence-corrected chi connectivity index (χ4v) is 2.75. The Labute approximate surface area is 116 Å². The van der Waals surface area contributed by atoms with Crippen LogP contribution < -0.4 is 11.1 Å². The molecule has 18 heavy (non-hydrogen) atoms. The van der Waals surface area contributed by atoms with Crippen LogP contribution in [0.2, 0.25) is 0 Å². The molecular formula is C14H19BrN2O. The van der Waals surface area contributed by atoms with Crippen molar-refractivity contribution >= 4 is 27.5 Å². The number of hydrogen-bond acceptors (Lipinski definition) is 2. The molecule has 0 spiro atoms. The van der Waals surface area contributed by atoms with Gasteiger partial charge in [0.2, 0.25) is 0 Å². The zero-order valence-electron chi connectivity index (χ0n) is 10.7. The van der Waals surface area contributed by atoms with Crippen LogP contribution in [0.4, 0.5) is 5.69 Å². The van der Waals surface area contributed by atoms with Gasteiger partial charge in [-0.3, -0.25) is 4.79 Å². The highest BCUT2D eigenvalue weighted by Gasteiger charge is 2.30. The molecule has 1 fully saturated rings. The van der Waals surface area contributed by atoms with E-state index in [1.54, 1.807) is 12.1 Å². The van der Waals surface area contributed by atoms with Crippen LogP contribution in [-0.2, 0) is 0 Å². The Kier molecular flexibility index (Phi) is 3.95. The molecule has 1 saturated carbocycles. The van der Waals surface area contributed by atoms with Gasteiger partial charge in [0.25, 0.3) is 5.91 Å². The normalized spacial score (nSPS) is 27.2. The van der Waals surface area contributed by atoms with E-state index in [0.29, 0.717) is 23.1 Å². The first-order valence-electron chi connectivity index (χ1n) is 6.35. The molecule has 0 saturated heterocycles. The van der Waals surface area contributed by atoms with E-state index in [-0.39, 0.29) is 11.9 Å². The van der Waals surface area contributed by atoms with E-state index in [2.05, 4.69) is 35.1 Å². The molecule has 1 aliphatic rings. The van der Waals surface area contributed by atoms with Gasteiger partial charge >= 0.3 is 0 Å². The Morgan fingerprint density at radius 1 is 1.39 bits per heavy atom. The fraction of sp³-hybridized carbons (Fsp3) is 0.500. The number of amides is 1. The van der Waals surface area contributed by atoms with Crippen molar-refractivity contribution in [3.8, 4) is 0 Å². The van der Waals surface area contributed by atoms with Crippen LogP contribution in [0.3, 0.4) is 0 Å². The number of carbonyl (C=O) groups is 1. The van der Waals surface area contributed by atoms with Crippen molar-refractivity contribution in [1.29, 1.82) is 0 Å². The summed E-state index contributed by atoms with van der Waals surface area (Å²) in [6.07, 6.45) is 2.26. The maximum Gasteiger partial charge on any atom is 0.251 e. The number of carbonyl (C=O) groups excluding carboxylic acids is 1. The van der Waals surface area contributed by atoms with Gasteiger partial charge in [0.1, 0.15) is 0 Å². The largest absolute Gasteiger partial charge is 0.398 e. The lowest BCUT2D eigenvalue weighted by atomic mass is 9.97. The van der Waals surface area contributed by atoms with Crippen LogP contribution in [0.25, 0.3) is 0 Å². The smallest absolute Gasteiger partial charge is 0.251 e. The van der Waals surface area contributed by atoms with Crippen molar-refractivity contribution < 1.29 is 4.79 Å². The maximum absolute atomic E-state index is 12.1. The Hall–Kier alpha value is -1.03. The molecule has 1 aromatic rings. The summed E-state index contributed by atoms with van der Waals surface area (Å²) in [5.41, 5.74) is 7.01. The van der Waals surface area contributed by atoms with Crippen molar-refractivity contribution in [2.24, 2.45) is 11.8 Å². The first-order chi connectivity index (χ1) is 8.49. The van der Waals surface area contributed by atoms with Crippen molar-refractivity contribution in [3.63, 3.8) is 0 Å². The minimum Gasteiger partial charge on any atom is -0.398 e. The Morgan fingerprint density at radius 3 is 2.67 bits per heavy atom. The molecule has 3 unspecified atom stereocenters. The van der Waals surface area contributed by atoms with Gasteiger partial charge in [0, 0.05) is 21.8 Å². The zero-order chi connectivity index (χ0) is 13.3. The molecule has 0 aliphatic heterocycles. The van der Waals surface area contributed by atoms with E-state index in [1.807, 2.05) is 6.07 Å². The highest BCUT2D eigenvalue weighted by atomic mass is 79.9. The first-order valence-corrected chi connectivity index (χ1v) is 7.14. The standard InChI is InChI=1S/C14H19BrN2O/c1-8-3-6-13(9(8)2)17-14(18)10-4-5-11(15)12(16)7-10/h4-5,7-9,13H,3,6,16H2,1-2H3,(H,17,18). The van der Waals surface area contributed by atoms with Crippen molar-refractivity contribution in [2.75, 3.05) is 5.73 Å². The lowest BCUT2D eigenvalue weighted by molar-refractivity contribution is 0.0927. The maximum atomic E-state index is 12.1. The molecule has 1 aliphatic carbocycles. The van der Waals surface area contributed by atoms with Gasteiger partial charge in [-0.1, -0.05) is 13.8 Å². The lowest BCUT2D eigenvalue weighted by Crippen LogP contribution is -2.37. The number of rotatable bonds is 2. The third-order valence-electron chi connectivity index (χ3n) is 4.04. The summed E-state index contributed by atoms with van der Waals surface area (Å²) in [4.78, 5) is 12.1. The zero-order valence-corrected chi connectivity index (χ0v) is 12.3. The van der Waals surface area contributed by atoms with Gasteiger partial charge < -0.3 is 11.1 Å². The van der Waals surface area contributed by atoms with Crippen molar-refractivity contribution in [3.05, 3.63) is 28.2 Å². The van der Waals surface area contributed by atoms with Crippen LogP contribution >= 0.6 is 15.9 Å². The number of benzene rings is 1. The summed E-state index contributed by atoms with van der Waals surface area (Å²) in [7, 11) is 0. The summed E-state index contributed by atoms with van der Waals surface area (Å²) in [5, 5.41) is 3.11. The average Bonchev–Trinajstić information content (AvgIpc) is 2.64. The quantitative estimate of drug-likeness (QED) is 0.824. The van der Waals surface area contributed by atoms with Gasteiger partial charge in [-0.05, 0) is 58.8 Å². The van der Waals surface area contributed by atoms with Gasteiger partial charge in [0.05, 0.1) is 0 Å². The molecule has 3 N–H and O–H groups in total.